The van der Waals surface area contributed by atoms with Crippen LogP contribution in [0.25, 0.3) is 5.95 Å². The van der Waals surface area contributed by atoms with Gasteiger partial charge in [-0.05, 0) is 13.8 Å². The fraction of sp³-hybridized carbons (Fsp3) is 0.375. The summed E-state index contributed by atoms with van der Waals surface area (Å²) in [5, 5.41) is 20.3. The Labute approximate surface area is 85.5 Å². The molecule has 0 saturated carbocycles. The summed E-state index contributed by atoms with van der Waals surface area (Å²) in [5.74, 6) is 2.29. The molecule has 76 valence electrons. The fourth-order valence-electron chi connectivity index (χ4n) is 1.67. The third-order valence-electron chi connectivity index (χ3n) is 2.30. The maximum atomic E-state index is 4.35. The topological polar surface area (TPSA) is 73.8 Å². The van der Waals surface area contributed by atoms with E-state index in [1.54, 1.807) is 11.0 Å². The Bertz CT molecular complexity index is 547. The third-order valence-corrected chi connectivity index (χ3v) is 2.30. The first-order valence-corrected chi connectivity index (χ1v) is 4.61. The second kappa shape index (κ2) is 2.72. The lowest BCUT2D eigenvalue weighted by Gasteiger charge is -2.01. The van der Waals surface area contributed by atoms with Gasteiger partial charge in [0.1, 0.15) is 18.0 Å². The van der Waals surface area contributed by atoms with Gasteiger partial charge >= 0.3 is 0 Å². The molecule has 2 aromatic heterocycles. The summed E-state index contributed by atoms with van der Waals surface area (Å²) in [7, 11) is 0. The van der Waals surface area contributed by atoms with E-state index < -0.39 is 0 Å². The number of rotatable bonds is 0. The molecule has 0 radical (unpaired) electrons. The van der Waals surface area contributed by atoms with Gasteiger partial charge in [-0.3, -0.25) is 0 Å². The minimum absolute atomic E-state index is 0.643. The van der Waals surface area contributed by atoms with Gasteiger partial charge in [-0.1, -0.05) is 0 Å². The molecule has 0 atom stereocenters. The van der Waals surface area contributed by atoms with Crippen LogP contribution in [-0.4, -0.2) is 35.3 Å². The van der Waals surface area contributed by atoms with Gasteiger partial charge in [0.2, 0.25) is 0 Å². The van der Waals surface area contributed by atoms with Crippen LogP contribution in [0.5, 0.6) is 0 Å². The molecule has 1 aliphatic heterocycles. The van der Waals surface area contributed by atoms with Gasteiger partial charge in [-0.2, -0.15) is 9.78 Å². The van der Waals surface area contributed by atoms with Gasteiger partial charge in [-0.15, -0.1) is 20.4 Å². The zero-order valence-corrected chi connectivity index (χ0v) is 8.41. The molecule has 0 aromatic carbocycles. The number of aromatic nitrogens is 6. The second-order valence-electron chi connectivity index (χ2n) is 3.49. The molecule has 3 heterocycles. The average Bonchev–Trinajstić information content (AvgIpc) is 2.71. The van der Waals surface area contributed by atoms with Gasteiger partial charge < -0.3 is 0 Å². The molecular weight excluding hydrogens is 194 g/mol. The molecule has 0 amide bonds. The highest BCUT2D eigenvalue weighted by molar-refractivity contribution is 5.83. The molecule has 3 rings (SSSR count). The standard InChI is InChI=1S/C8H9N7/c1-5-3-7-11-10-6(2)15(7)8-12-9-4-14(8)13-5/h4H,3H2,1-2H3. The molecule has 0 fully saturated rings. The smallest absolute Gasteiger partial charge is 0.249 e. The van der Waals surface area contributed by atoms with Crippen molar-refractivity contribution < 1.29 is 0 Å². The molecule has 0 aliphatic carbocycles. The minimum atomic E-state index is 0.643. The Morgan fingerprint density at radius 2 is 2.07 bits per heavy atom. The van der Waals surface area contributed by atoms with Crippen LogP contribution in [0.4, 0.5) is 0 Å². The van der Waals surface area contributed by atoms with E-state index in [2.05, 4.69) is 25.5 Å². The first kappa shape index (κ1) is 8.27. The molecule has 0 N–H and O–H groups in total. The highest BCUT2D eigenvalue weighted by atomic mass is 15.5. The van der Waals surface area contributed by atoms with Crippen molar-refractivity contribution >= 4 is 5.71 Å². The minimum Gasteiger partial charge on any atom is -0.249 e. The molecule has 0 bridgehead atoms. The lowest BCUT2D eigenvalue weighted by molar-refractivity contribution is 0.779. The largest absolute Gasteiger partial charge is 0.259 e. The van der Waals surface area contributed by atoms with Gasteiger partial charge in [0.05, 0.1) is 0 Å². The molecule has 2 aromatic rings. The average molecular weight is 203 g/mol. The van der Waals surface area contributed by atoms with Crippen molar-refractivity contribution in [3.05, 3.63) is 18.0 Å². The van der Waals surface area contributed by atoms with Crippen molar-refractivity contribution in [1.29, 1.82) is 0 Å². The lowest BCUT2D eigenvalue weighted by Crippen LogP contribution is -2.06. The Morgan fingerprint density at radius 1 is 1.20 bits per heavy atom. The highest BCUT2D eigenvalue weighted by Gasteiger charge is 2.19. The summed E-state index contributed by atoms with van der Waals surface area (Å²) in [6.07, 6.45) is 2.26. The Balaban J connectivity index is 2.35. The van der Waals surface area contributed by atoms with E-state index in [0.717, 1.165) is 17.4 Å². The first-order valence-electron chi connectivity index (χ1n) is 4.61. The summed E-state index contributed by atoms with van der Waals surface area (Å²) >= 11 is 0. The van der Waals surface area contributed by atoms with Gasteiger partial charge in [0.15, 0.2) is 0 Å². The Hall–Kier alpha value is -2.05. The molecule has 7 nitrogen and oxygen atoms in total. The zero-order chi connectivity index (χ0) is 10.4. The summed E-state index contributed by atoms with van der Waals surface area (Å²) in [6, 6.07) is 0. The lowest BCUT2D eigenvalue weighted by atomic mass is 10.3. The van der Waals surface area contributed by atoms with Crippen LogP contribution in [0.1, 0.15) is 18.6 Å². The molecule has 7 heteroatoms. The van der Waals surface area contributed by atoms with E-state index in [1.807, 2.05) is 18.4 Å². The summed E-state index contributed by atoms with van der Waals surface area (Å²) in [5.41, 5.74) is 0.960. The Morgan fingerprint density at radius 3 is 2.93 bits per heavy atom. The van der Waals surface area contributed by atoms with Crippen LogP contribution in [0.2, 0.25) is 0 Å². The van der Waals surface area contributed by atoms with E-state index in [9.17, 15) is 0 Å². The van der Waals surface area contributed by atoms with Gasteiger partial charge in [0, 0.05) is 12.1 Å². The van der Waals surface area contributed by atoms with Gasteiger partial charge in [0.25, 0.3) is 5.95 Å². The molecule has 0 spiro atoms. The first-order chi connectivity index (χ1) is 7.25. The SMILES string of the molecule is CC1=Nn2cnnc2-n2c(C)nnc2C1. The third kappa shape index (κ3) is 1.09. The van der Waals surface area contributed by atoms with E-state index in [0.29, 0.717) is 12.4 Å². The van der Waals surface area contributed by atoms with Crippen LogP contribution in [0.15, 0.2) is 11.4 Å². The highest BCUT2D eigenvalue weighted by Crippen LogP contribution is 2.14. The van der Waals surface area contributed by atoms with E-state index >= 15 is 0 Å². The maximum Gasteiger partial charge on any atom is 0.259 e. The van der Waals surface area contributed by atoms with Crippen molar-refractivity contribution in [1.82, 2.24) is 29.6 Å². The van der Waals surface area contributed by atoms with Crippen LogP contribution in [-0.2, 0) is 6.42 Å². The molecule has 15 heavy (non-hydrogen) atoms. The molecular formula is C8H9N7. The summed E-state index contributed by atoms with van der Waals surface area (Å²) in [6.45, 7) is 3.83. The van der Waals surface area contributed by atoms with Crippen LogP contribution < -0.4 is 0 Å². The van der Waals surface area contributed by atoms with Crippen molar-refractivity contribution in [2.45, 2.75) is 20.3 Å². The monoisotopic (exact) mass is 203 g/mol. The Kier molecular flexibility index (Phi) is 1.50. The zero-order valence-electron chi connectivity index (χ0n) is 8.41. The normalized spacial score (nSPS) is 14.1. The number of aryl methyl sites for hydroxylation is 1. The van der Waals surface area contributed by atoms with E-state index in [-0.39, 0.29) is 0 Å². The van der Waals surface area contributed by atoms with Crippen molar-refractivity contribution in [3.8, 4) is 5.95 Å². The second-order valence-corrected chi connectivity index (χ2v) is 3.49. The maximum absolute atomic E-state index is 4.35. The molecule has 0 unspecified atom stereocenters. The van der Waals surface area contributed by atoms with E-state index in [1.165, 1.54) is 0 Å². The van der Waals surface area contributed by atoms with Crippen LogP contribution >= 0.6 is 0 Å². The van der Waals surface area contributed by atoms with Crippen molar-refractivity contribution in [2.75, 3.05) is 0 Å². The van der Waals surface area contributed by atoms with Gasteiger partial charge in [-0.25, -0.2) is 4.57 Å². The predicted octanol–water partition coefficient (Wildman–Crippen LogP) is -0.0527. The number of fused-ring (bicyclic) bond motifs is 3. The number of hydrogen-bond donors (Lipinski definition) is 0. The van der Waals surface area contributed by atoms with Crippen LogP contribution in [0.3, 0.4) is 0 Å². The quantitative estimate of drug-likeness (QED) is 0.601. The summed E-state index contributed by atoms with van der Waals surface area (Å²) in [4.78, 5) is 0. The summed E-state index contributed by atoms with van der Waals surface area (Å²) < 4.78 is 3.51. The van der Waals surface area contributed by atoms with E-state index in [4.69, 9.17) is 0 Å². The van der Waals surface area contributed by atoms with Crippen LogP contribution in [0, 0.1) is 6.92 Å². The van der Waals surface area contributed by atoms with Crippen molar-refractivity contribution in [2.24, 2.45) is 5.10 Å². The fourth-order valence-corrected chi connectivity index (χ4v) is 1.67. The number of nitrogens with zero attached hydrogens (tertiary/aromatic N) is 7. The predicted molar refractivity (Wildman–Crippen MR) is 51.9 cm³/mol. The van der Waals surface area contributed by atoms with Crippen molar-refractivity contribution in [3.63, 3.8) is 0 Å². The molecule has 1 aliphatic rings. The number of hydrogen-bond acceptors (Lipinski definition) is 5. The molecule has 0 saturated heterocycles.